The van der Waals surface area contributed by atoms with Gasteiger partial charge in [-0.15, -0.1) is 0 Å². The molecule has 7 nitrogen and oxygen atoms in total. The van der Waals surface area contributed by atoms with E-state index in [0.29, 0.717) is 16.8 Å². The molecule has 0 saturated heterocycles. The van der Waals surface area contributed by atoms with Gasteiger partial charge in [0.05, 0.1) is 11.8 Å². The number of nitriles is 1. The van der Waals surface area contributed by atoms with Crippen molar-refractivity contribution in [1.82, 2.24) is 20.0 Å². The van der Waals surface area contributed by atoms with Crippen molar-refractivity contribution in [3.8, 4) is 6.07 Å². The fourth-order valence-electron chi connectivity index (χ4n) is 1.42. The molecule has 7 heteroatoms. The van der Waals surface area contributed by atoms with Crippen LogP contribution in [0.4, 0.5) is 5.82 Å². The summed E-state index contributed by atoms with van der Waals surface area (Å²) in [6, 6.07) is 1.96. The molecule has 0 saturated carbocycles. The van der Waals surface area contributed by atoms with Gasteiger partial charge in [-0.1, -0.05) is 0 Å². The predicted octanol–water partition coefficient (Wildman–Crippen LogP) is 0.576. The van der Waals surface area contributed by atoms with E-state index in [9.17, 15) is 4.79 Å². The van der Waals surface area contributed by atoms with Crippen molar-refractivity contribution >= 4 is 11.7 Å². The highest BCUT2D eigenvalue weighted by Gasteiger charge is 2.15. The summed E-state index contributed by atoms with van der Waals surface area (Å²) >= 11 is 0. The van der Waals surface area contributed by atoms with Crippen LogP contribution in [0.3, 0.4) is 0 Å². The molecule has 0 aromatic carbocycles. The fraction of sp³-hybridized carbons (Fsp3) is 0.200. The molecule has 0 aliphatic heterocycles. The highest BCUT2D eigenvalue weighted by Crippen LogP contribution is 2.13. The highest BCUT2D eigenvalue weighted by atomic mass is 16.1. The molecule has 2 aromatic rings. The molecule has 0 aliphatic rings. The van der Waals surface area contributed by atoms with Crippen molar-refractivity contribution in [2.75, 3.05) is 5.32 Å². The van der Waals surface area contributed by atoms with E-state index in [0.717, 1.165) is 0 Å². The van der Waals surface area contributed by atoms with Crippen molar-refractivity contribution < 1.29 is 4.79 Å². The molecule has 0 atom stereocenters. The lowest BCUT2D eigenvalue weighted by Crippen LogP contribution is -2.13. The van der Waals surface area contributed by atoms with Crippen LogP contribution in [0.25, 0.3) is 0 Å². The Bertz CT molecular complexity index is 603. The van der Waals surface area contributed by atoms with Gasteiger partial charge in [0.15, 0.2) is 5.82 Å². The first-order valence-corrected chi connectivity index (χ1v) is 4.87. The normalized spacial score (nSPS) is 9.94. The monoisotopic (exact) mass is 230 g/mol. The minimum Gasteiger partial charge on any atom is -0.304 e. The zero-order chi connectivity index (χ0) is 12.4. The topological polar surface area (TPSA) is 99.4 Å². The summed E-state index contributed by atoms with van der Waals surface area (Å²) in [5.41, 5.74) is 1.42. The molecule has 17 heavy (non-hydrogen) atoms. The Morgan fingerprint density at radius 3 is 3.00 bits per heavy atom. The number of carbonyl (C=O) groups excluding carboxylic acids is 1. The maximum Gasteiger partial charge on any atom is 0.260 e. The second-order valence-corrected chi connectivity index (χ2v) is 3.54. The summed E-state index contributed by atoms with van der Waals surface area (Å²) in [7, 11) is 1.68. The van der Waals surface area contributed by atoms with Crippen LogP contribution < -0.4 is 5.32 Å². The van der Waals surface area contributed by atoms with Gasteiger partial charge in [-0.2, -0.15) is 15.5 Å². The van der Waals surface area contributed by atoms with E-state index in [1.807, 2.05) is 6.07 Å². The van der Waals surface area contributed by atoms with E-state index in [4.69, 9.17) is 5.26 Å². The summed E-state index contributed by atoms with van der Waals surface area (Å²) < 4.78 is 1.47. The first kappa shape index (κ1) is 10.9. The molecule has 0 fully saturated rings. The number of carbonyl (C=O) groups is 1. The molecular weight excluding hydrogens is 220 g/mol. The molecule has 0 spiro atoms. The zero-order valence-corrected chi connectivity index (χ0v) is 9.35. The van der Waals surface area contributed by atoms with Crippen LogP contribution in [0.15, 0.2) is 12.4 Å². The standard InChI is InChI=1S/C10H10N6O/c1-6-8(4-12-14-6)10(17)13-9-7(3-11)5-16(2)15-9/h4-5H,1-2H3,(H,12,14)(H,13,15,17). The SMILES string of the molecule is Cc1[nH]ncc1C(=O)Nc1nn(C)cc1C#N. The minimum absolute atomic E-state index is 0.251. The van der Waals surface area contributed by atoms with Gasteiger partial charge in [0, 0.05) is 18.9 Å². The number of hydrogen-bond acceptors (Lipinski definition) is 4. The van der Waals surface area contributed by atoms with Crippen LogP contribution in [0.1, 0.15) is 21.6 Å². The van der Waals surface area contributed by atoms with Gasteiger partial charge in [0.2, 0.25) is 0 Å². The molecule has 0 bridgehead atoms. The molecule has 2 heterocycles. The maximum absolute atomic E-state index is 11.8. The molecule has 86 valence electrons. The van der Waals surface area contributed by atoms with E-state index >= 15 is 0 Å². The second-order valence-electron chi connectivity index (χ2n) is 3.54. The summed E-state index contributed by atoms with van der Waals surface area (Å²) in [6.45, 7) is 1.74. The Morgan fingerprint density at radius 1 is 1.65 bits per heavy atom. The van der Waals surface area contributed by atoms with Crippen molar-refractivity contribution in [3.05, 3.63) is 29.2 Å². The Morgan fingerprint density at radius 2 is 2.41 bits per heavy atom. The number of rotatable bonds is 2. The second kappa shape index (κ2) is 4.09. The number of anilines is 1. The molecule has 2 rings (SSSR count). The van der Waals surface area contributed by atoms with Crippen molar-refractivity contribution in [2.45, 2.75) is 6.92 Å². The average molecular weight is 230 g/mol. The number of H-pyrrole nitrogens is 1. The van der Waals surface area contributed by atoms with E-state index in [1.54, 1.807) is 14.0 Å². The van der Waals surface area contributed by atoms with E-state index in [-0.39, 0.29) is 11.7 Å². The number of aromatic amines is 1. The summed E-state index contributed by atoms with van der Waals surface area (Å²) in [6.07, 6.45) is 2.97. The fourth-order valence-corrected chi connectivity index (χ4v) is 1.42. The first-order valence-electron chi connectivity index (χ1n) is 4.87. The number of amides is 1. The third-order valence-electron chi connectivity index (χ3n) is 2.26. The molecule has 2 aromatic heterocycles. The van der Waals surface area contributed by atoms with Crippen LogP contribution in [-0.4, -0.2) is 25.9 Å². The Hall–Kier alpha value is -2.62. The smallest absolute Gasteiger partial charge is 0.260 e. The first-order chi connectivity index (χ1) is 8.11. The maximum atomic E-state index is 11.8. The van der Waals surface area contributed by atoms with Gasteiger partial charge in [-0.05, 0) is 6.92 Å². The number of aromatic nitrogens is 4. The molecule has 2 N–H and O–H groups in total. The summed E-state index contributed by atoms with van der Waals surface area (Å²) in [5.74, 6) is -0.0907. The van der Waals surface area contributed by atoms with Gasteiger partial charge >= 0.3 is 0 Å². The number of hydrogen-bond donors (Lipinski definition) is 2. The van der Waals surface area contributed by atoms with Gasteiger partial charge < -0.3 is 5.32 Å². The summed E-state index contributed by atoms with van der Waals surface area (Å²) in [5, 5.41) is 21.8. The highest BCUT2D eigenvalue weighted by molar-refractivity contribution is 6.04. The van der Waals surface area contributed by atoms with Crippen molar-refractivity contribution in [2.24, 2.45) is 7.05 Å². The molecule has 0 radical (unpaired) electrons. The largest absolute Gasteiger partial charge is 0.304 e. The van der Waals surface area contributed by atoms with Crippen LogP contribution in [0, 0.1) is 18.3 Å². The Labute approximate surface area is 97.1 Å². The molecule has 0 aliphatic carbocycles. The van der Waals surface area contributed by atoms with Crippen LogP contribution >= 0.6 is 0 Å². The van der Waals surface area contributed by atoms with E-state index in [2.05, 4.69) is 20.6 Å². The van der Waals surface area contributed by atoms with E-state index in [1.165, 1.54) is 17.1 Å². The lowest BCUT2D eigenvalue weighted by atomic mass is 10.2. The third-order valence-corrected chi connectivity index (χ3v) is 2.26. The lowest BCUT2D eigenvalue weighted by Gasteiger charge is -2.00. The van der Waals surface area contributed by atoms with Gasteiger partial charge in [0.1, 0.15) is 11.6 Å². The molecule has 1 amide bonds. The van der Waals surface area contributed by atoms with Crippen molar-refractivity contribution in [3.63, 3.8) is 0 Å². The van der Waals surface area contributed by atoms with Crippen LogP contribution in [0.2, 0.25) is 0 Å². The van der Waals surface area contributed by atoms with Crippen molar-refractivity contribution in [1.29, 1.82) is 5.26 Å². The third kappa shape index (κ3) is 2.01. The van der Waals surface area contributed by atoms with E-state index < -0.39 is 0 Å². The number of nitrogens with zero attached hydrogens (tertiary/aromatic N) is 4. The van der Waals surface area contributed by atoms with Gasteiger partial charge in [0.25, 0.3) is 5.91 Å². The van der Waals surface area contributed by atoms with Crippen LogP contribution in [-0.2, 0) is 7.05 Å². The Kier molecular flexibility index (Phi) is 2.62. The predicted molar refractivity (Wildman–Crippen MR) is 59.2 cm³/mol. The minimum atomic E-state index is -0.341. The van der Waals surface area contributed by atoms with Gasteiger partial charge in [-0.3, -0.25) is 14.6 Å². The summed E-state index contributed by atoms with van der Waals surface area (Å²) in [4.78, 5) is 11.8. The molecule has 0 unspecified atom stereocenters. The number of aryl methyl sites for hydroxylation is 2. The average Bonchev–Trinajstić information content (AvgIpc) is 2.84. The van der Waals surface area contributed by atoms with Crippen LogP contribution in [0.5, 0.6) is 0 Å². The Balaban J connectivity index is 2.25. The zero-order valence-electron chi connectivity index (χ0n) is 9.35. The lowest BCUT2D eigenvalue weighted by molar-refractivity contribution is 0.102. The van der Waals surface area contributed by atoms with Gasteiger partial charge in [-0.25, -0.2) is 0 Å². The number of nitrogens with one attached hydrogen (secondary N) is 2. The quantitative estimate of drug-likeness (QED) is 0.787. The molecular formula is C10H10N6O.